The number of hydrogen-bond donors (Lipinski definition) is 0. The van der Waals surface area contributed by atoms with Gasteiger partial charge in [-0.25, -0.2) is 14.6 Å². The Kier molecular flexibility index (Phi) is 5.13. The maximum absolute atomic E-state index is 13.0. The fraction of sp³-hybridized carbons (Fsp3) is 0.350. The SMILES string of the molecule is Cc1nc2c(c(-c3ccncc3)c1C(=O)OCC(C)C)c(=O)n(C)c(=O)n2C. The van der Waals surface area contributed by atoms with Crippen LogP contribution >= 0.6 is 0 Å². The first-order chi connectivity index (χ1) is 13.2. The second-order valence-corrected chi connectivity index (χ2v) is 7.08. The molecule has 0 aliphatic rings. The van der Waals surface area contributed by atoms with E-state index in [0.29, 0.717) is 16.8 Å². The van der Waals surface area contributed by atoms with Crippen molar-refractivity contribution >= 4 is 17.0 Å². The van der Waals surface area contributed by atoms with Crippen molar-refractivity contribution < 1.29 is 9.53 Å². The topological polar surface area (TPSA) is 96.1 Å². The maximum atomic E-state index is 13.0. The van der Waals surface area contributed by atoms with E-state index >= 15 is 0 Å². The molecule has 0 saturated carbocycles. The number of carbonyl (C=O) groups excluding carboxylic acids is 1. The number of pyridine rings is 2. The molecule has 0 N–H and O–H groups in total. The molecule has 8 heteroatoms. The van der Waals surface area contributed by atoms with E-state index in [2.05, 4.69) is 9.97 Å². The lowest BCUT2D eigenvalue weighted by molar-refractivity contribution is 0.0458. The van der Waals surface area contributed by atoms with Crippen LogP contribution in [-0.2, 0) is 18.8 Å². The van der Waals surface area contributed by atoms with Gasteiger partial charge < -0.3 is 4.74 Å². The summed E-state index contributed by atoms with van der Waals surface area (Å²) in [6.07, 6.45) is 3.15. The van der Waals surface area contributed by atoms with Gasteiger partial charge in [0.25, 0.3) is 5.56 Å². The van der Waals surface area contributed by atoms with E-state index in [1.165, 1.54) is 11.6 Å². The first-order valence-electron chi connectivity index (χ1n) is 8.91. The van der Waals surface area contributed by atoms with E-state index in [-0.39, 0.29) is 29.1 Å². The summed E-state index contributed by atoms with van der Waals surface area (Å²) in [5.41, 5.74) is 0.840. The summed E-state index contributed by atoms with van der Waals surface area (Å²) in [6.45, 7) is 5.79. The molecule has 0 unspecified atom stereocenters. The Morgan fingerprint density at radius 1 is 1.14 bits per heavy atom. The molecule has 0 spiro atoms. The number of rotatable bonds is 4. The lowest BCUT2D eigenvalue weighted by Gasteiger charge is -2.17. The van der Waals surface area contributed by atoms with E-state index in [1.54, 1.807) is 38.5 Å². The molecule has 0 atom stereocenters. The van der Waals surface area contributed by atoms with Crippen molar-refractivity contribution in [2.75, 3.05) is 6.61 Å². The first kappa shape index (κ1) is 19.5. The molecule has 0 fully saturated rings. The van der Waals surface area contributed by atoms with Crippen LogP contribution in [0.1, 0.15) is 29.9 Å². The zero-order valence-electron chi connectivity index (χ0n) is 16.5. The van der Waals surface area contributed by atoms with Crippen molar-refractivity contribution in [2.24, 2.45) is 20.0 Å². The van der Waals surface area contributed by atoms with Crippen molar-refractivity contribution in [3.8, 4) is 11.1 Å². The summed E-state index contributed by atoms with van der Waals surface area (Å²) in [7, 11) is 2.95. The summed E-state index contributed by atoms with van der Waals surface area (Å²) >= 11 is 0. The first-order valence-corrected chi connectivity index (χ1v) is 8.91. The Morgan fingerprint density at radius 3 is 2.39 bits per heavy atom. The third-order valence-corrected chi connectivity index (χ3v) is 4.49. The second kappa shape index (κ2) is 7.38. The van der Waals surface area contributed by atoms with E-state index in [9.17, 15) is 14.4 Å². The largest absolute Gasteiger partial charge is 0.462 e. The van der Waals surface area contributed by atoms with Gasteiger partial charge >= 0.3 is 11.7 Å². The maximum Gasteiger partial charge on any atom is 0.340 e. The molecule has 3 rings (SSSR count). The molecular weight excluding hydrogens is 360 g/mol. The van der Waals surface area contributed by atoms with Crippen LogP contribution in [0.4, 0.5) is 0 Å². The lowest BCUT2D eigenvalue weighted by Crippen LogP contribution is -2.38. The number of carbonyl (C=O) groups is 1. The monoisotopic (exact) mass is 382 g/mol. The highest BCUT2D eigenvalue weighted by Crippen LogP contribution is 2.31. The second-order valence-electron chi connectivity index (χ2n) is 7.08. The number of ether oxygens (including phenoxy) is 1. The predicted octanol–water partition coefficient (Wildman–Crippen LogP) is 1.82. The summed E-state index contributed by atoms with van der Waals surface area (Å²) in [4.78, 5) is 46.6. The predicted molar refractivity (Wildman–Crippen MR) is 105 cm³/mol. The summed E-state index contributed by atoms with van der Waals surface area (Å²) in [5, 5.41) is 0.192. The molecule has 3 aromatic heterocycles. The number of aromatic nitrogens is 4. The van der Waals surface area contributed by atoms with E-state index < -0.39 is 17.2 Å². The summed E-state index contributed by atoms with van der Waals surface area (Å²) in [5.74, 6) is -0.390. The Hall–Kier alpha value is -3.29. The number of aryl methyl sites for hydroxylation is 2. The molecule has 0 aromatic carbocycles. The van der Waals surface area contributed by atoms with Gasteiger partial charge in [0.2, 0.25) is 0 Å². The number of hydrogen-bond acceptors (Lipinski definition) is 6. The Balaban J connectivity index is 2.47. The summed E-state index contributed by atoms with van der Waals surface area (Å²) < 4.78 is 7.74. The van der Waals surface area contributed by atoms with Crippen LogP contribution in [0.5, 0.6) is 0 Å². The molecule has 0 bridgehead atoms. The van der Waals surface area contributed by atoms with Crippen molar-refractivity contribution in [2.45, 2.75) is 20.8 Å². The molecule has 146 valence electrons. The van der Waals surface area contributed by atoms with Gasteiger partial charge in [0.1, 0.15) is 5.65 Å². The number of nitrogens with zero attached hydrogens (tertiary/aromatic N) is 4. The summed E-state index contributed by atoms with van der Waals surface area (Å²) in [6, 6.07) is 3.41. The highest BCUT2D eigenvalue weighted by atomic mass is 16.5. The van der Waals surface area contributed by atoms with Crippen LogP contribution in [0.3, 0.4) is 0 Å². The lowest BCUT2D eigenvalue weighted by atomic mass is 9.96. The zero-order valence-corrected chi connectivity index (χ0v) is 16.5. The minimum absolute atomic E-state index is 0.163. The molecular formula is C20H22N4O4. The highest BCUT2D eigenvalue weighted by molar-refractivity contribution is 6.06. The molecule has 3 aromatic rings. The quantitative estimate of drug-likeness (QED) is 0.639. The van der Waals surface area contributed by atoms with Gasteiger partial charge in [-0.3, -0.25) is 18.9 Å². The molecule has 0 aliphatic heterocycles. The molecule has 0 aliphatic carbocycles. The van der Waals surface area contributed by atoms with Gasteiger partial charge in [0, 0.05) is 32.1 Å². The molecule has 0 saturated heterocycles. The van der Waals surface area contributed by atoms with Gasteiger partial charge in [-0.2, -0.15) is 0 Å². The fourth-order valence-corrected chi connectivity index (χ4v) is 3.08. The van der Waals surface area contributed by atoms with Gasteiger partial charge in [-0.1, -0.05) is 13.8 Å². The Labute approximate surface area is 161 Å². The zero-order chi connectivity index (χ0) is 20.6. The normalized spacial score (nSPS) is 11.2. The molecule has 0 radical (unpaired) electrons. The van der Waals surface area contributed by atoms with Crippen LogP contribution < -0.4 is 11.2 Å². The van der Waals surface area contributed by atoms with Crippen molar-refractivity contribution in [1.82, 2.24) is 19.1 Å². The van der Waals surface area contributed by atoms with Crippen LogP contribution in [-0.4, -0.2) is 31.7 Å². The Morgan fingerprint density at radius 2 is 1.79 bits per heavy atom. The van der Waals surface area contributed by atoms with Crippen molar-refractivity contribution in [3.05, 3.63) is 56.6 Å². The van der Waals surface area contributed by atoms with E-state index in [4.69, 9.17) is 4.74 Å². The van der Waals surface area contributed by atoms with Gasteiger partial charge in [0.05, 0.1) is 23.3 Å². The van der Waals surface area contributed by atoms with E-state index in [1.807, 2.05) is 13.8 Å². The number of fused-ring (bicyclic) bond motifs is 1. The molecule has 3 heterocycles. The number of esters is 1. The van der Waals surface area contributed by atoms with Crippen LogP contribution in [0, 0.1) is 12.8 Å². The van der Waals surface area contributed by atoms with Gasteiger partial charge in [-0.05, 0) is 30.5 Å². The third-order valence-electron chi connectivity index (χ3n) is 4.49. The molecule has 28 heavy (non-hydrogen) atoms. The Bertz CT molecular complexity index is 1180. The van der Waals surface area contributed by atoms with Crippen LogP contribution in [0.15, 0.2) is 34.1 Å². The van der Waals surface area contributed by atoms with Crippen LogP contribution in [0.2, 0.25) is 0 Å². The third kappa shape index (κ3) is 3.21. The van der Waals surface area contributed by atoms with Crippen molar-refractivity contribution in [1.29, 1.82) is 0 Å². The average Bonchev–Trinajstić information content (AvgIpc) is 2.68. The van der Waals surface area contributed by atoms with Crippen LogP contribution in [0.25, 0.3) is 22.2 Å². The van der Waals surface area contributed by atoms with Gasteiger partial charge in [0.15, 0.2) is 0 Å². The minimum atomic E-state index is -0.552. The average molecular weight is 382 g/mol. The fourth-order valence-electron chi connectivity index (χ4n) is 3.08. The van der Waals surface area contributed by atoms with Crippen molar-refractivity contribution in [3.63, 3.8) is 0 Å². The minimum Gasteiger partial charge on any atom is -0.462 e. The smallest absolute Gasteiger partial charge is 0.340 e. The molecule has 8 nitrogen and oxygen atoms in total. The van der Waals surface area contributed by atoms with Gasteiger partial charge in [-0.15, -0.1) is 0 Å². The van der Waals surface area contributed by atoms with E-state index in [0.717, 1.165) is 4.57 Å². The highest BCUT2D eigenvalue weighted by Gasteiger charge is 2.25. The standard InChI is InChI=1S/C20H22N4O4/c1-11(2)10-28-19(26)14-12(3)22-17-16(15(14)13-6-8-21-9-7-13)18(25)24(5)20(27)23(17)4/h6-9,11H,10H2,1-5H3. The molecule has 0 amide bonds.